The Bertz CT molecular complexity index is 6360. The summed E-state index contributed by atoms with van der Waals surface area (Å²) in [6, 6.07) is 36.1. The van der Waals surface area contributed by atoms with Crippen LogP contribution in [0.3, 0.4) is 0 Å². The Morgan fingerprint density at radius 2 is 0.733 bits per heavy atom. The van der Waals surface area contributed by atoms with E-state index in [0.717, 1.165) is 47.5 Å². The van der Waals surface area contributed by atoms with Gasteiger partial charge in [0.2, 0.25) is 11.9 Å². The first kappa shape index (κ1) is 74.8. The van der Waals surface area contributed by atoms with Gasteiger partial charge < -0.3 is 15.4 Å². The molecule has 0 saturated heterocycles. The Balaban J connectivity index is 0.000000211. The number of hydrogen-bond donors (Lipinski definition) is 7. The van der Waals surface area contributed by atoms with Crippen molar-refractivity contribution in [3.63, 3.8) is 0 Å². The smallest absolute Gasteiger partial charge is 0.295 e. The van der Waals surface area contributed by atoms with Gasteiger partial charge in [-0.25, -0.2) is 18.7 Å². The molecule has 37 heteroatoms. The first-order valence-corrected chi connectivity index (χ1v) is 37.3. The summed E-state index contributed by atoms with van der Waals surface area (Å²) in [5.74, 6) is -3.50. The molecule has 0 saturated carbocycles. The van der Waals surface area contributed by atoms with Crippen LogP contribution in [0.4, 0.5) is 86.1 Å². The molecule has 0 bridgehead atoms. The number of anilines is 4. The SMILES string of the molecule is COc1cc(N=Nc2ccc(N=Nc3ccc(C)c4cc(S(=O)(=O)O)cc(S(=O)(=O)O)c34)c3ccc(S(=O)(=O)O)cc23)c(C)cc1Nc1cc(F)cc(F)n1.Cc1ccc2c(N=Nc3ccc(Nc4cc(F)cc(F)n4)cc3C)ccc(N=Nc3ccc(C)c4cc(S(=O)(=O)O)cc(S(=O)(=O)O)c34)c2c1. The van der Waals surface area contributed by atoms with Crippen molar-refractivity contribution in [2.24, 2.45) is 40.9 Å². The Hall–Kier alpha value is -11.4. The molecular weight excluding hydrogens is 1480 g/mol. The fourth-order valence-corrected chi connectivity index (χ4v) is 14.1. The van der Waals surface area contributed by atoms with Gasteiger partial charge >= 0.3 is 0 Å². The van der Waals surface area contributed by atoms with Gasteiger partial charge in [0, 0.05) is 68.3 Å². The normalized spacial score (nSPS) is 12.6. The standard InChI is InChI=1S/C34H26F2N6O10S3.C34H26F2N6O6S2/c1-17-4-7-27(34-23(17)14-21(54(46,47)48)15-31(34)55(49,50)51)41-39-25-8-9-26(24-13-20(53(43,44)45)5-6-22(24)25)40-42-28-16-30(52-3)29(10-18(28)2)37-33-12-19(35)11-32(36)38-33;1-18-4-7-24-26(12-18)29(41-42-30-8-5-19(2)25-16-23(49(43,44)45)17-31(34(25)30)50(46,47)48)11-10-28(24)40-39-27-9-6-22(13-20(27)3)37-33-15-21(35)14-32(36)38-33/h4-16H,1-3H3,(H,37,38)(H,43,44,45)(H,46,47,48)(H,49,50,51);4-17H,1-3H3,(H,37,38)(H,43,44,45)(H,46,47,48). The average Bonchev–Trinajstić information content (AvgIpc) is 0.759. The van der Waals surface area contributed by atoms with Crippen LogP contribution in [0.5, 0.6) is 5.75 Å². The number of pyridine rings is 2. The van der Waals surface area contributed by atoms with Crippen LogP contribution in [-0.4, -0.2) is 81.9 Å². The van der Waals surface area contributed by atoms with E-state index in [1.54, 1.807) is 63.2 Å². The van der Waals surface area contributed by atoms with Crippen molar-refractivity contribution >= 4 is 162 Å². The number of benzene rings is 10. The summed E-state index contributed by atoms with van der Waals surface area (Å²) in [6.07, 6.45) is 0. The highest BCUT2D eigenvalue weighted by Crippen LogP contribution is 2.44. The van der Waals surface area contributed by atoms with E-state index >= 15 is 0 Å². The van der Waals surface area contributed by atoms with E-state index in [4.69, 9.17) is 4.74 Å². The highest BCUT2D eigenvalue weighted by atomic mass is 32.2. The molecule has 12 rings (SSSR count). The average molecular weight is 1530 g/mol. The molecule has 105 heavy (non-hydrogen) atoms. The van der Waals surface area contributed by atoms with E-state index in [1.807, 2.05) is 25.1 Å². The lowest BCUT2D eigenvalue weighted by atomic mass is 10.0. The maximum Gasteiger partial charge on any atom is 0.295 e. The van der Waals surface area contributed by atoms with Gasteiger partial charge in [-0.05, 0) is 171 Å². The molecule has 0 aliphatic heterocycles. The summed E-state index contributed by atoms with van der Waals surface area (Å²) in [6.45, 7) is 8.50. The molecule has 0 amide bonds. The lowest BCUT2D eigenvalue weighted by Gasteiger charge is -2.13. The Morgan fingerprint density at radius 3 is 1.18 bits per heavy atom. The molecule has 0 aliphatic rings. The van der Waals surface area contributed by atoms with Crippen molar-refractivity contribution in [2.75, 3.05) is 17.7 Å². The second kappa shape index (κ2) is 29.0. The Morgan fingerprint density at radius 1 is 0.343 bits per heavy atom. The van der Waals surface area contributed by atoms with Crippen LogP contribution in [0, 0.1) is 58.1 Å². The molecule has 7 N–H and O–H groups in total. The molecule has 2 heterocycles. The van der Waals surface area contributed by atoms with E-state index in [9.17, 15) is 82.4 Å². The number of ether oxygens (including phenoxy) is 1. The third kappa shape index (κ3) is 17.0. The van der Waals surface area contributed by atoms with E-state index in [2.05, 4.69) is 61.5 Å². The van der Waals surface area contributed by atoms with Gasteiger partial charge in [-0.2, -0.15) is 61.1 Å². The quantitative estimate of drug-likeness (QED) is 0.0181. The second-order valence-corrected chi connectivity index (χ2v) is 30.3. The minimum Gasteiger partial charge on any atom is -0.494 e. The van der Waals surface area contributed by atoms with Crippen LogP contribution in [0.2, 0.25) is 0 Å². The number of halogens is 4. The molecule has 0 aliphatic carbocycles. The number of methoxy groups -OCH3 is 1. The molecule has 0 atom stereocenters. The number of rotatable bonds is 18. The lowest BCUT2D eigenvalue weighted by molar-refractivity contribution is 0.417. The zero-order valence-electron chi connectivity index (χ0n) is 54.8. The monoisotopic (exact) mass is 1530 g/mol. The topological polar surface area (TPSA) is 430 Å². The van der Waals surface area contributed by atoms with Gasteiger partial charge in [0.05, 0.1) is 73.0 Å². The van der Waals surface area contributed by atoms with Gasteiger partial charge in [-0.1, -0.05) is 35.9 Å². The molecule has 10 aromatic carbocycles. The van der Waals surface area contributed by atoms with Gasteiger partial charge in [-0.3, -0.25) is 22.8 Å². The number of nitrogens with zero attached hydrogens (tertiary/aromatic N) is 10. The largest absolute Gasteiger partial charge is 0.494 e. The van der Waals surface area contributed by atoms with E-state index < -0.39 is 98.6 Å². The van der Waals surface area contributed by atoms with Crippen LogP contribution in [0.25, 0.3) is 43.1 Å². The highest BCUT2D eigenvalue weighted by molar-refractivity contribution is 7.87. The van der Waals surface area contributed by atoms with Crippen LogP contribution < -0.4 is 15.4 Å². The van der Waals surface area contributed by atoms with Crippen LogP contribution >= 0.6 is 0 Å². The summed E-state index contributed by atoms with van der Waals surface area (Å²) in [4.78, 5) is 3.66. The molecule has 0 fully saturated rings. The minimum atomic E-state index is -5.07. The third-order valence-corrected chi connectivity index (χ3v) is 20.1. The van der Waals surface area contributed by atoms with Crippen molar-refractivity contribution in [3.8, 4) is 5.75 Å². The first-order chi connectivity index (χ1) is 49.3. The van der Waals surface area contributed by atoms with Crippen molar-refractivity contribution < 1.29 is 87.2 Å². The van der Waals surface area contributed by atoms with Crippen LogP contribution in [0.15, 0.2) is 229 Å². The van der Waals surface area contributed by atoms with Crippen molar-refractivity contribution in [1.29, 1.82) is 0 Å². The molecule has 12 aromatic rings. The van der Waals surface area contributed by atoms with E-state index in [-0.39, 0.29) is 78.1 Å². The summed E-state index contributed by atoms with van der Waals surface area (Å²) >= 11 is 0. The maximum absolute atomic E-state index is 13.7. The van der Waals surface area contributed by atoms with Gasteiger partial charge in [0.1, 0.15) is 38.8 Å². The van der Waals surface area contributed by atoms with Crippen molar-refractivity contribution in [2.45, 2.75) is 59.1 Å². The molecule has 2 aromatic heterocycles. The summed E-state index contributed by atoms with van der Waals surface area (Å²) in [5, 5.41) is 41.8. The predicted octanol–water partition coefficient (Wildman–Crippen LogP) is 18.3. The van der Waals surface area contributed by atoms with Crippen molar-refractivity contribution in [3.05, 3.63) is 215 Å². The van der Waals surface area contributed by atoms with Gasteiger partial charge in [-0.15, -0.1) is 30.7 Å². The molecule has 28 nitrogen and oxygen atoms in total. The molecule has 538 valence electrons. The number of nitrogens with one attached hydrogen (secondary N) is 2. The molecular formula is C68H52F4N12O16S5. The predicted molar refractivity (Wildman–Crippen MR) is 380 cm³/mol. The number of fused-ring (bicyclic) bond motifs is 4. The number of hydrogen-bond acceptors (Lipinski definition) is 23. The Labute approximate surface area is 594 Å². The summed E-state index contributed by atoms with van der Waals surface area (Å²) in [5.41, 5.74) is 5.66. The lowest BCUT2D eigenvalue weighted by Crippen LogP contribution is -2.05. The minimum absolute atomic E-state index is 0.0102. The number of azo groups is 4. The van der Waals surface area contributed by atoms with Crippen LogP contribution in [0.1, 0.15) is 27.8 Å². The summed E-state index contributed by atoms with van der Waals surface area (Å²) < 4.78 is 230. The zero-order chi connectivity index (χ0) is 76.0. The third-order valence-electron chi connectivity index (χ3n) is 15.8. The van der Waals surface area contributed by atoms with Crippen molar-refractivity contribution in [1.82, 2.24) is 9.97 Å². The number of aryl methyl sites for hydroxylation is 5. The first-order valence-electron chi connectivity index (χ1n) is 30.1. The van der Waals surface area contributed by atoms with Gasteiger partial charge in [0.15, 0.2) is 0 Å². The zero-order valence-corrected chi connectivity index (χ0v) is 58.9. The fourth-order valence-electron chi connectivity index (χ4n) is 10.9. The Kier molecular flexibility index (Phi) is 20.7. The van der Waals surface area contributed by atoms with Gasteiger partial charge in [0.25, 0.3) is 50.6 Å². The molecule has 0 radical (unpaired) electrons. The van der Waals surface area contributed by atoms with E-state index in [0.29, 0.717) is 80.2 Å². The number of aromatic nitrogens is 2. The van der Waals surface area contributed by atoms with E-state index in [1.165, 1.54) is 56.5 Å². The maximum atomic E-state index is 13.7. The highest BCUT2D eigenvalue weighted by Gasteiger charge is 2.26. The van der Waals surface area contributed by atoms with Crippen LogP contribution in [-0.2, 0) is 50.6 Å². The fraction of sp³-hybridized carbons (Fsp3) is 0.0882. The molecule has 0 unspecified atom stereocenters. The second-order valence-electron chi connectivity index (χ2n) is 23.2. The molecule has 0 spiro atoms. The summed E-state index contributed by atoms with van der Waals surface area (Å²) in [7, 11) is -23.1.